The van der Waals surface area contributed by atoms with E-state index in [0.717, 1.165) is 16.5 Å². The molecule has 0 unspecified atom stereocenters. The van der Waals surface area contributed by atoms with E-state index in [2.05, 4.69) is 25.9 Å². The van der Waals surface area contributed by atoms with Crippen molar-refractivity contribution in [2.75, 3.05) is 19.6 Å². The second-order valence-electron chi connectivity index (χ2n) is 12.2. The zero-order valence-corrected chi connectivity index (χ0v) is 26.3. The van der Waals surface area contributed by atoms with Crippen LogP contribution >= 0.6 is 0 Å². The second kappa shape index (κ2) is 14.1. The van der Waals surface area contributed by atoms with E-state index >= 15 is 0 Å². The van der Waals surface area contributed by atoms with Crippen molar-refractivity contribution >= 4 is 40.4 Å². The van der Waals surface area contributed by atoms with Gasteiger partial charge < -0.3 is 35.8 Å². The monoisotopic (exact) mass is 651 g/mol. The lowest BCUT2D eigenvalue weighted by molar-refractivity contribution is -0.142. The van der Waals surface area contributed by atoms with Gasteiger partial charge in [0.05, 0.1) is 24.3 Å². The van der Waals surface area contributed by atoms with Crippen molar-refractivity contribution in [1.29, 1.82) is 0 Å². The van der Waals surface area contributed by atoms with Gasteiger partial charge in [0.15, 0.2) is 0 Å². The summed E-state index contributed by atoms with van der Waals surface area (Å²) in [5, 5.41) is 19.9. The number of hydrogen-bond acceptors (Lipinski definition) is 7. The van der Waals surface area contributed by atoms with E-state index < -0.39 is 66.4 Å². The zero-order chi connectivity index (χ0) is 33.8. The number of aliphatic hydroxyl groups excluding tert-OH is 1. The maximum absolute atomic E-state index is 14.2. The van der Waals surface area contributed by atoms with Crippen LogP contribution in [0.3, 0.4) is 0 Å². The summed E-state index contributed by atoms with van der Waals surface area (Å²) in [6.07, 6.45) is 3.76. The molecule has 0 spiro atoms. The third-order valence-electron chi connectivity index (χ3n) is 8.80. The molecule has 6 rings (SSSR count). The van der Waals surface area contributed by atoms with Gasteiger partial charge in [0.2, 0.25) is 23.6 Å². The number of aromatic amines is 1. The molecule has 2 aromatic heterocycles. The van der Waals surface area contributed by atoms with Crippen molar-refractivity contribution in [3.8, 4) is 0 Å². The number of benzene rings is 2. The third-order valence-corrected chi connectivity index (χ3v) is 8.80. The lowest BCUT2D eigenvalue weighted by Crippen LogP contribution is -2.56. The minimum atomic E-state index is -1.14. The molecule has 2 aromatic carbocycles. The Labute approximate surface area is 276 Å². The van der Waals surface area contributed by atoms with E-state index in [9.17, 15) is 29.1 Å². The normalized spacial score (nSPS) is 24.2. The number of hydrogen-bond donors (Lipinski definition) is 5. The summed E-state index contributed by atoms with van der Waals surface area (Å²) in [5.41, 5.74) is 2.53. The SMILES string of the molecule is C[C@@H]1NC(=O)[C@@H]2C[C@@H](O)CN2C(=O)[C@@H](Cc2c[nH]c3ccccc23)NC(=O)CN(C(=O)c2cccnc2)C[C@@H](c2ccccc2)NC1=O. The van der Waals surface area contributed by atoms with Crippen LogP contribution in [0.25, 0.3) is 10.9 Å². The molecule has 13 nitrogen and oxygen atoms in total. The van der Waals surface area contributed by atoms with Gasteiger partial charge in [0.25, 0.3) is 5.91 Å². The molecule has 0 radical (unpaired) electrons. The molecule has 4 aromatic rings. The van der Waals surface area contributed by atoms with Crippen LogP contribution in [0.1, 0.15) is 40.9 Å². The number of amides is 5. The number of aromatic nitrogens is 2. The van der Waals surface area contributed by atoms with Gasteiger partial charge in [-0.05, 0) is 36.2 Å². The van der Waals surface area contributed by atoms with Gasteiger partial charge in [-0.2, -0.15) is 0 Å². The van der Waals surface area contributed by atoms with Crippen LogP contribution in [-0.2, 0) is 25.6 Å². The standard InChI is InChI=1S/C35H37N7O6/c1-21-32(45)40-29(22-8-3-2-4-9-22)19-41(34(47)23-10-7-13-36-16-23)20-31(44)39-28(14-24-17-37-27-12-6-5-11-26(24)27)35(48)42-18-25(43)15-30(42)33(46)38-21/h2-13,16-17,21,25,28-30,37,43H,14-15,18-20H2,1H3,(H,38,46)(H,39,44)(H,40,45)/t21-,25+,28+,29-,30-/m0/s1. The van der Waals surface area contributed by atoms with Crippen molar-refractivity contribution in [2.24, 2.45) is 0 Å². The topological polar surface area (TPSA) is 177 Å². The number of aliphatic hydroxyl groups is 1. The van der Waals surface area contributed by atoms with Gasteiger partial charge in [-0.1, -0.05) is 48.5 Å². The van der Waals surface area contributed by atoms with Crippen LogP contribution in [0.15, 0.2) is 85.3 Å². The molecule has 0 saturated carbocycles. The Balaban J connectivity index is 1.39. The summed E-state index contributed by atoms with van der Waals surface area (Å²) in [5.74, 6) is -2.81. The fourth-order valence-corrected chi connectivity index (χ4v) is 6.34. The fourth-order valence-electron chi connectivity index (χ4n) is 6.34. The van der Waals surface area contributed by atoms with Gasteiger partial charge >= 0.3 is 0 Å². The summed E-state index contributed by atoms with van der Waals surface area (Å²) >= 11 is 0. The highest BCUT2D eigenvalue weighted by Crippen LogP contribution is 2.24. The Morgan fingerprint density at radius 2 is 1.69 bits per heavy atom. The number of rotatable bonds is 4. The minimum absolute atomic E-state index is 0.0281. The number of nitrogens with zero attached hydrogens (tertiary/aromatic N) is 3. The molecule has 0 aliphatic carbocycles. The van der Waals surface area contributed by atoms with Gasteiger partial charge in [-0.15, -0.1) is 0 Å². The molecule has 5 amide bonds. The average Bonchev–Trinajstić information content (AvgIpc) is 3.70. The largest absolute Gasteiger partial charge is 0.391 e. The molecule has 0 bridgehead atoms. The second-order valence-corrected chi connectivity index (χ2v) is 12.2. The van der Waals surface area contributed by atoms with Gasteiger partial charge in [0.1, 0.15) is 18.1 Å². The first-order valence-corrected chi connectivity index (χ1v) is 15.9. The summed E-state index contributed by atoms with van der Waals surface area (Å²) in [6.45, 7) is 0.858. The van der Waals surface area contributed by atoms with Crippen molar-refractivity contribution < 1.29 is 29.1 Å². The Morgan fingerprint density at radius 1 is 0.917 bits per heavy atom. The summed E-state index contributed by atoms with van der Waals surface area (Å²) in [7, 11) is 0. The molecule has 2 aliphatic rings. The van der Waals surface area contributed by atoms with Crippen LogP contribution in [0.4, 0.5) is 0 Å². The summed E-state index contributed by atoms with van der Waals surface area (Å²) in [4.78, 5) is 78.8. The van der Waals surface area contributed by atoms with E-state index in [4.69, 9.17) is 0 Å². The molecule has 2 aliphatic heterocycles. The van der Waals surface area contributed by atoms with Gasteiger partial charge in [-0.25, -0.2) is 0 Å². The van der Waals surface area contributed by atoms with Crippen LogP contribution < -0.4 is 16.0 Å². The Kier molecular flexibility index (Phi) is 9.48. The molecule has 48 heavy (non-hydrogen) atoms. The molecule has 5 N–H and O–H groups in total. The summed E-state index contributed by atoms with van der Waals surface area (Å²) < 4.78 is 0. The maximum atomic E-state index is 14.2. The number of H-pyrrole nitrogens is 1. The number of para-hydroxylation sites is 1. The lowest BCUT2D eigenvalue weighted by Gasteiger charge is -2.30. The van der Waals surface area contributed by atoms with E-state index in [0.29, 0.717) is 5.56 Å². The van der Waals surface area contributed by atoms with Crippen LogP contribution in [0.5, 0.6) is 0 Å². The fraction of sp³-hybridized carbons (Fsp3) is 0.314. The Bertz CT molecular complexity index is 1810. The zero-order valence-electron chi connectivity index (χ0n) is 26.3. The molecule has 5 atom stereocenters. The molecular formula is C35H37N7O6. The minimum Gasteiger partial charge on any atom is -0.391 e. The van der Waals surface area contributed by atoms with Crippen molar-refractivity contribution in [3.63, 3.8) is 0 Å². The van der Waals surface area contributed by atoms with E-state index in [1.54, 1.807) is 42.6 Å². The first kappa shape index (κ1) is 32.4. The molecule has 248 valence electrons. The lowest BCUT2D eigenvalue weighted by atomic mass is 10.0. The highest BCUT2D eigenvalue weighted by atomic mass is 16.3. The summed E-state index contributed by atoms with van der Waals surface area (Å²) in [6, 6.07) is 15.8. The smallest absolute Gasteiger partial charge is 0.255 e. The predicted molar refractivity (Wildman–Crippen MR) is 175 cm³/mol. The molecule has 13 heteroatoms. The first-order valence-electron chi connectivity index (χ1n) is 15.9. The average molecular weight is 652 g/mol. The molecule has 2 fully saturated rings. The van der Waals surface area contributed by atoms with Crippen LogP contribution in [0.2, 0.25) is 0 Å². The molecular weight excluding hydrogens is 614 g/mol. The van der Waals surface area contributed by atoms with Crippen molar-refractivity contribution in [3.05, 3.63) is 102 Å². The van der Waals surface area contributed by atoms with Crippen LogP contribution in [-0.4, -0.2) is 98.3 Å². The predicted octanol–water partition coefficient (Wildman–Crippen LogP) is 1.07. The van der Waals surface area contributed by atoms with E-state index in [1.165, 1.54) is 29.1 Å². The van der Waals surface area contributed by atoms with E-state index in [-0.39, 0.29) is 31.5 Å². The number of fused-ring (bicyclic) bond motifs is 2. The van der Waals surface area contributed by atoms with E-state index in [1.807, 2.05) is 30.3 Å². The maximum Gasteiger partial charge on any atom is 0.255 e. The van der Waals surface area contributed by atoms with Gasteiger partial charge in [0, 0.05) is 55.4 Å². The highest BCUT2D eigenvalue weighted by Gasteiger charge is 2.42. The molecule has 2 saturated heterocycles. The van der Waals surface area contributed by atoms with Crippen molar-refractivity contribution in [2.45, 2.75) is 50.0 Å². The quantitative estimate of drug-likeness (QED) is 0.219. The number of carbonyl (C=O) groups is 5. The highest BCUT2D eigenvalue weighted by molar-refractivity contribution is 5.98. The Morgan fingerprint density at radius 3 is 2.46 bits per heavy atom. The number of pyridine rings is 1. The number of carbonyl (C=O) groups excluding carboxylic acids is 5. The third kappa shape index (κ3) is 7.05. The number of nitrogens with one attached hydrogen (secondary N) is 4. The first-order chi connectivity index (χ1) is 23.2. The van der Waals surface area contributed by atoms with Gasteiger partial charge in [-0.3, -0.25) is 29.0 Å². The molecule has 4 heterocycles. The Hall–Kier alpha value is -5.56. The van der Waals surface area contributed by atoms with Crippen molar-refractivity contribution in [1.82, 2.24) is 35.7 Å². The van der Waals surface area contributed by atoms with Crippen LogP contribution in [0, 0.1) is 0 Å².